The molecule has 1 aliphatic carbocycles. The quantitative estimate of drug-likeness (QED) is 0.733. The summed E-state index contributed by atoms with van der Waals surface area (Å²) in [6.07, 6.45) is 4.32. The summed E-state index contributed by atoms with van der Waals surface area (Å²) in [6, 6.07) is 9.00. The number of piperazine rings is 1. The van der Waals surface area contributed by atoms with E-state index in [1.54, 1.807) is 22.5 Å². The van der Waals surface area contributed by atoms with Gasteiger partial charge in [0, 0.05) is 0 Å². The van der Waals surface area contributed by atoms with Crippen molar-refractivity contribution in [3.8, 4) is 0 Å². The molecule has 0 amide bonds. The number of rotatable bonds is 5. The average molecular weight is 420 g/mol. The van der Waals surface area contributed by atoms with Crippen LogP contribution in [-0.2, 0) is 34.1 Å². The zero-order chi connectivity index (χ0) is 20.4. The molecule has 1 aliphatic heterocycles. The molecule has 1 N–H and O–H groups in total. The summed E-state index contributed by atoms with van der Waals surface area (Å²) >= 11 is 0. The lowest BCUT2D eigenvalue weighted by molar-refractivity contribution is -0.918. The molecule has 29 heavy (non-hydrogen) atoms. The number of benzene rings is 1. The topological polar surface area (TPSA) is 81.3 Å². The standard InChI is InChI=1S/C21H26N2O5S/c1-27-21(24)20-9-7-18(28-20)15-22-10-12-23(13-11-22)29(25,26)19-8-6-16-4-2-3-5-17(16)14-19/h6-9,14H,2-5,10-13,15H2,1H3/p+1. The van der Waals surface area contributed by atoms with Crippen LogP contribution >= 0.6 is 0 Å². The summed E-state index contributed by atoms with van der Waals surface area (Å²) < 4.78 is 38.0. The summed E-state index contributed by atoms with van der Waals surface area (Å²) in [7, 11) is -2.15. The zero-order valence-electron chi connectivity index (χ0n) is 16.6. The molecule has 0 radical (unpaired) electrons. The molecule has 0 bridgehead atoms. The number of fused-ring (bicyclic) bond motifs is 1. The van der Waals surface area contributed by atoms with Gasteiger partial charge in [-0.25, -0.2) is 13.2 Å². The maximum absolute atomic E-state index is 13.1. The number of hydrogen-bond acceptors (Lipinski definition) is 5. The van der Waals surface area contributed by atoms with Crippen LogP contribution in [-0.4, -0.2) is 52.0 Å². The molecule has 1 fully saturated rings. The Morgan fingerprint density at radius 1 is 1.10 bits per heavy atom. The average Bonchev–Trinajstić information content (AvgIpc) is 3.21. The Kier molecular flexibility index (Phi) is 5.76. The predicted molar refractivity (Wildman–Crippen MR) is 106 cm³/mol. The number of nitrogens with one attached hydrogen (secondary N) is 1. The first-order valence-electron chi connectivity index (χ1n) is 10.1. The number of carbonyl (C=O) groups is 1. The van der Waals surface area contributed by atoms with E-state index in [0.717, 1.165) is 19.3 Å². The molecular weight excluding hydrogens is 392 g/mol. The van der Waals surface area contributed by atoms with Crippen LogP contribution in [0.2, 0.25) is 0 Å². The van der Waals surface area contributed by atoms with Gasteiger partial charge in [-0.3, -0.25) is 0 Å². The highest BCUT2D eigenvalue weighted by Gasteiger charge is 2.31. The maximum Gasteiger partial charge on any atom is 0.373 e. The molecule has 2 aliphatic rings. The van der Waals surface area contributed by atoms with Gasteiger partial charge in [0.25, 0.3) is 0 Å². The van der Waals surface area contributed by atoms with Gasteiger partial charge in [-0.05, 0) is 61.1 Å². The number of hydrogen-bond donors (Lipinski definition) is 1. The van der Waals surface area contributed by atoms with Gasteiger partial charge < -0.3 is 14.1 Å². The molecule has 7 nitrogen and oxygen atoms in total. The van der Waals surface area contributed by atoms with Crippen molar-refractivity contribution in [2.75, 3.05) is 33.3 Å². The molecule has 2 heterocycles. The van der Waals surface area contributed by atoms with Crippen molar-refractivity contribution in [1.29, 1.82) is 0 Å². The Morgan fingerprint density at radius 3 is 2.55 bits per heavy atom. The highest BCUT2D eigenvalue weighted by atomic mass is 32.2. The molecule has 1 aromatic heterocycles. The smallest absolute Gasteiger partial charge is 0.373 e. The van der Waals surface area contributed by atoms with Crippen molar-refractivity contribution in [2.45, 2.75) is 37.1 Å². The lowest BCUT2D eigenvalue weighted by Gasteiger charge is -2.31. The highest BCUT2D eigenvalue weighted by Crippen LogP contribution is 2.25. The predicted octanol–water partition coefficient (Wildman–Crippen LogP) is 1.03. The minimum Gasteiger partial charge on any atom is -0.463 e. The fraction of sp³-hybridized carbons (Fsp3) is 0.476. The summed E-state index contributed by atoms with van der Waals surface area (Å²) in [5.41, 5.74) is 2.47. The second kappa shape index (κ2) is 8.30. The number of carbonyl (C=O) groups excluding carboxylic acids is 1. The van der Waals surface area contributed by atoms with Crippen molar-refractivity contribution in [2.24, 2.45) is 0 Å². The Morgan fingerprint density at radius 2 is 1.83 bits per heavy atom. The van der Waals surface area contributed by atoms with E-state index in [1.165, 1.54) is 29.6 Å². The van der Waals surface area contributed by atoms with E-state index in [0.29, 0.717) is 43.4 Å². The Balaban J connectivity index is 1.38. The number of furan rings is 1. The van der Waals surface area contributed by atoms with E-state index in [1.807, 2.05) is 12.1 Å². The molecule has 0 saturated carbocycles. The zero-order valence-corrected chi connectivity index (χ0v) is 17.5. The van der Waals surface area contributed by atoms with Crippen LogP contribution < -0.4 is 4.90 Å². The lowest BCUT2D eigenvalue weighted by Crippen LogP contribution is -3.13. The number of nitrogens with zero attached hydrogens (tertiary/aromatic N) is 1. The SMILES string of the molecule is COC(=O)c1ccc(C[NH+]2CCN(S(=O)(=O)c3ccc4c(c3)CCCC4)CC2)o1. The molecule has 2 aromatic rings. The van der Waals surface area contributed by atoms with E-state index in [-0.39, 0.29) is 5.76 Å². The molecular formula is C21H27N2O5S+. The number of quaternary nitrogens is 1. The van der Waals surface area contributed by atoms with Crippen LogP contribution in [0.5, 0.6) is 0 Å². The van der Waals surface area contributed by atoms with Gasteiger partial charge in [0.1, 0.15) is 6.54 Å². The molecule has 8 heteroatoms. The number of esters is 1. The highest BCUT2D eigenvalue weighted by molar-refractivity contribution is 7.89. The van der Waals surface area contributed by atoms with E-state index in [2.05, 4.69) is 4.74 Å². The van der Waals surface area contributed by atoms with Crippen molar-refractivity contribution >= 4 is 16.0 Å². The fourth-order valence-corrected chi connectivity index (χ4v) is 5.66. The van der Waals surface area contributed by atoms with E-state index >= 15 is 0 Å². The first kappa shape index (κ1) is 20.1. The molecule has 0 unspecified atom stereocenters. The molecule has 0 spiro atoms. The van der Waals surface area contributed by atoms with Crippen molar-refractivity contribution in [3.05, 3.63) is 53.0 Å². The summed E-state index contributed by atoms with van der Waals surface area (Å²) in [4.78, 5) is 13.1. The van der Waals surface area contributed by atoms with Gasteiger partial charge in [0.05, 0.1) is 38.2 Å². The summed E-state index contributed by atoms with van der Waals surface area (Å²) in [6.45, 7) is 2.94. The number of aryl methyl sites for hydroxylation is 2. The summed E-state index contributed by atoms with van der Waals surface area (Å²) in [5.74, 6) is 0.397. The van der Waals surface area contributed by atoms with Crippen LogP contribution in [0.1, 0.15) is 40.3 Å². The van der Waals surface area contributed by atoms with Crippen molar-refractivity contribution < 1.29 is 27.3 Å². The Hall–Kier alpha value is -2.16. The van der Waals surface area contributed by atoms with Crippen LogP contribution in [0, 0.1) is 0 Å². The molecule has 1 saturated heterocycles. The third kappa shape index (κ3) is 4.24. The van der Waals surface area contributed by atoms with Gasteiger partial charge in [0.2, 0.25) is 15.8 Å². The molecule has 1 aromatic carbocycles. The minimum absolute atomic E-state index is 0.190. The van der Waals surface area contributed by atoms with Gasteiger partial charge in [0.15, 0.2) is 5.76 Å². The lowest BCUT2D eigenvalue weighted by atomic mass is 9.92. The third-order valence-corrected chi connectivity index (χ3v) is 7.75. The normalized spacial score (nSPS) is 18.4. The third-order valence-electron chi connectivity index (χ3n) is 5.86. The van der Waals surface area contributed by atoms with Gasteiger partial charge >= 0.3 is 5.97 Å². The van der Waals surface area contributed by atoms with E-state index in [4.69, 9.17) is 4.42 Å². The van der Waals surface area contributed by atoms with Crippen LogP contribution in [0.25, 0.3) is 0 Å². The second-order valence-electron chi connectivity index (χ2n) is 7.73. The summed E-state index contributed by atoms with van der Waals surface area (Å²) in [5, 5.41) is 0. The maximum atomic E-state index is 13.1. The first-order valence-corrected chi connectivity index (χ1v) is 11.5. The van der Waals surface area contributed by atoms with Crippen molar-refractivity contribution in [3.63, 3.8) is 0 Å². The van der Waals surface area contributed by atoms with Crippen LogP contribution in [0.15, 0.2) is 39.6 Å². The van der Waals surface area contributed by atoms with Gasteiger partial charge in [-0.15, -0.1) is 0 Å². The van der Waals surface area contributed by atoms with E-state index in [9.17, 15) is 13.2 Å². The van der Waals surface area contributed by atoms with E-state index < -0.39 is 16.0 Å². The van der Waals surface area contributed by atoms with Crippen LogP contribution in [0.4, 0.5) is 0 Å². The van der Waals surface area contributed by atoms with Gasteiger partial charge in [-0.2, -0.15) is 4.31 Å². The monoisotopic (exact) mass is 419 g/mol. The number of methoxy groups -OCH3 is 1. The Bertz CT molecular complexity index is 990. The molecule has 4 rings (SSSR count). The van der Waals surface area contributed by atoms with Gasteiger partial charge in [-0.1, -0.05) is 6.07 Å². The fourth-order valence-electron chi connectivity index (χ4n) is 4.17. The molecule has 156 valence electrons. The molecule has 0 atom stereocenters. The largest absolute Gasteiger partial charge is 0.463 e. The number of ether oxygens (including phenoxy) is 1. The Labute approximate surface area is 171 Å². The number of sulfonamides is 1. The van der Waals surface area contributed by atoms with Crippen molar-refractivity contribution in [1.82, 2.24) is 4.31 Å². The first-order chi connectivity index (χ1) is 14.0. The minimum atomic E-state index is -3.47. The second-order valence-corrected chi connectivity index (χ2v) is 9.66. The van der Waals surface area contributed by atoms with Crippen LogP contribution in [0.3, 0.4) is 0 Å².